The highest BCUT2D eigenvalue weighted by molar-refractivity contribution is 5.82. The quantitative estimate of drug-likeness (QED) is 0.273. The zero-order valence-electron chi connectivity index (χ0n) is 25.5. The van der Waals surface area contributed by atoms with E-state index < -0.39 is 47.4 Å². The Morgan fingerprint density at radius 1 is 0.854 bits per heavy atom. The van der Waals surface area contributed by atoms with E-state index in [1.165, 1.54) is 12.0 Å². The molecule has 0 bridgehead atoms. The number of aliphatic hydroxyl groups is 2. The van der Waals surface area contributed by atoms with Gasteiger partial charge in [-0.2, -0.15) is 0 Å². The van der Waals surface area contributed by atoms with Crippen LogP contribution in [0.25, 0.3) is 0 Å². The molecule has 41 heavy (non-hydrogen) atoms. The van der Waals surface area contributed by atoms with E-state index in [2.05, 4.69) is 10.6 Å². The van der Waals surface area contributed by atoms with Gasteiger partial charge in [0.15, 0.2) is 0 Å². The van der Waals surface area contributed by atoms with Gasteiger partial charge in [-0.3, -0.25) is 4.79 Å². The molecule has 2 aromatic carbocycles. The van der Waals surface area contributed by atoms with Crippen LogP contribution >= 0.6 is 0 Å². The first kappa shape index (κ1) is 34.2. The molecule has 2 rings (SSSR count). The van der Waals surface area contributed by atoms with Gasteiger partial charge in [0.2, 0.25) is 5.91 Å². The summed E-state index contributed by atoms with van der Waals surface area (Å²) in [5, 5.41) is 40.6. The SMILES string of the molecule is COC(C(=O)N[C@@H](Cc1ccccc1)[C@H](O)CNC[C@@H](O)[C@H](Cc1ccccc1)N(C(=O)[O-])C(C)(C)C)C(C)(C)C. The normalized spacial score (nSPS) is 15.8. The molecule has 2 aromatic rings. The van der Waals surface area contributed by atoms with Crippen molar-refractivity contribution < 1.29 is 29.6 Å². The number of nitrogens with zero attached hydrogens (tertiary/aromatic N) is 1. The topological polar surface area (TPSA) is 134 Å². The molecule has 9 nitrogen and oxygen atoms in total. The number of carbonyl (C=O) groups is 2. The molecular formula is C32H48N3O6-. The Kier molecular flexibility index (Phi) is 12.8. The number of carboxylic acid groups (broad SMARTS) is 1. The van der Waals surface area contributed by atoms with E-state index in [1.807, 2.05) is 81.4 Å². The molecule has 0 saturated heterocycles. The molecule has 9 heteroatoms. The number of benzene rings is 2. The fraction of sp³-hybridized carbons (Fsp3) is 0.562. The van der Waals surface area contributed by atoms with Crippen molar-refractivity contribution in [1.29, 1.82) is 0 Å². The Morgan fingerprint density at radius 2 is 1.34 bits per heavy atom. The minimum Gasteiger partial charge on any atom is -0.530 e. The molecule has 0 aromatic heterocycles. The van der Waals surface area contributed by atoms with E-state index in [4.69, 9.17) is 4.74 Å². The molecule has 1 unspecified atom stereocenters. The summed E-state index contributed by atoms with van der Waals surface area (Å²) < 4.78 is 5.46. The van der Waals surface area contributed by atoms with E-state index in [1.54, 1.807) is 20.8 Å². The van der Waals surface area contributed by atoms with Crippen molar-refractivity contribution in [2.45, 2.75) is 90.3 Å². The standard InChI is InChI=1S/C32H49N3O6/c1-31(2,3)28(41-7)29(38)34-24(18-22-14-10-8-11-15-22)26(36)20-33-21-27(37)25(19-23-16-12-9-13-17-23)35(30(39)40)32(4,5)6/h8-17,24-28,33,36-37H,18-21H2,1-7H3,(H,34,38)(H,39,40)/p-1/t24-,25-,26+,27+,28?/m0/s1. The maximum Gasteiger partial charge on any atom is 0.249 e. The van der Waals surface area contributed by atoms with Gasteiger partial charge in [0.1, 0.15) is 12.2 Å². The van der Waals surface area contributed by atoms with E-state index in [0.29, 0.717) is 6.42 Å². The van der Waals surface area contributed by atoms with Crippen LogP contribution in [0.5, 0.6) is 0 Å². The van der Waals surface area contributed by atoms with Crippen LogP contribution in [0.3, 0.4) is 0 Å². The zero-order valence-corrected chi connectivity index (χ0v) is 25.5. The molecule has 0 aliphatic rings. The number of amides is 2. The van der Waals surface area contributed by atoms with Gasteiger partial charge >= 0.3 is 0 Å². The van der Waals surface area contributed by atoms with Gasteiger partial charge in [0, 0.05) is 25.7 Å². The minimum atomic E-state index is -1.37. The number of nitrogens with one attached hydrogen (secondary N) is 2. The Bertz CT molecular complexity index is 1070. The summed E-state index contributed by atoms with van der Waals surface area (Å²) in [5.41, 5.74) is 0.563. The summed E-state index contributed by atoms with van der Waals surface area (Å²) in [6.45, 7) is 11.1. The van der Waals surface area contributed by atoms with Crippen molar-refractivity contribution in [2.24, 2.45) is 5.41 Å². The third-order valence-corrected chi connectivity index (χ3v) is 7.04. The fourth-order valence-electron chi connectivity index (χ4n) is 5.08. The third-order valence-electron chi connectivity index (χ3n) is 7.04. The first-order valence-corrected chi connectivity index (χ1v) is 14.1. The molecule has 4 N–H and O–H groups in total. The minimum absolute atomic E-state index is 0.0170. The average molecular weight is 571 g/mol. The summed E-state index contributed by atoms with van der Waals surface area (Å²) in [4.78, 5) is 26.5. The van der Waals surface area contributed by atoms with Crippen LogP contribution in [0, 0.1) is 5.41 Å². The second-order valence-corrected chi connectivity index (χ2v) is 12.6. The number of hydrogen-bond acceptors (Lipinski definition) is 7. The van der Waals surface area contributed by atoms with Gasteiger partial charge in [-0.1, -0.05) is 81.4 Å². The lowest BCUT2D eigenvalue weighted by Gasteiger charge is -2.45. The maximum absolute atomic E-state index is 13.1. The van der Waals surface area contributed by atoms with E-state index in [9.17, 15) is 24.9 Å². The van der Waals surface area contributed by atoms with Crippen LogP contribution in [0.15, 0.2) is 60.7 Å². The van der Waals surface area contributed by atoms with Gasteiger partial charge in [0.25, 0.3) is 0 Å². The number of methoxy groups -OCH3 is 1. The maximum atomic E-state index is 13.1. The number of rotatable bonds is 14. The Balaban J connectivity index is 2.17. The Labute approximate surface area is 244 Å². The number of carbonyl (C=O) groups excluding carboxylic acids is 2. The highest BCUT2D eigenvalue weighted by Crippen LogP contribution is 2.23. The van der Waals surface area contributed by atoms with Crippen LogP contribution in [0.2, 0.25) is 0 Å². The number of ether oxygens (including phenoxy) is 1. The molecule has 0 radical (unpaired) electrons. The monoisotopic (exact) mass is 570 g/mol. The van der Waals surface area contributed by atoms with Crippen LogP contribution in [0.4, 0.5) is 4.79 Å². The van der Waals surface area contributed by atoms with Gasteiger partial charge < -0.3 is 40.4 Å². The molecule has 0 saturated carbocycles. The second-order valence-electron chi connectivity index (χ2n) is 12.6. The predicted molar refractivity (Wildman–Crippen MR) is 158 cm³/mol. The van der Waals surface area contributed by atoms with Crippen molar-refractivity contribution >= 4 is 12.0 Å². The lowest BCUT2D eigenvalue weighted by Crippen LogP contribution is -2.62. The van der Waals surface area contributed by atoms with E-state index in [-0.39, 0.29) is 25.4 Å². The lowest BCUT2D eigenvalue weighted by molar-refractivity contribution is -0.275. The summed E-state index contributed by atoms with van der Waals surface area (Å²) in [6, 6.07) is 17.5. The van der Waals surface area contributed by atoms with Crippen molar-refractivity contribution in [1.82, 2.24) is 15.5 Å². The summed E-state index contributed by atoms with van der Waals surface area (Å²) in [5.74, 6) is -0.322. The van der Waals surface area contributed by atoms with Crippen LogP contribution in [0.1, 0.15) is 52.7 Å². The van der Waals surface area contributed by atoms with E-state index >= 15 is 0 Å². The fourth-order valence-corrected chi connectivity index (χ4v) is 5.08. The molecule has 2 amide bonds. The van der Waals surface area contributed by atoms with Crippen molar-refractivity contribution in [3.05, 3.63) is 71.8 Å². The van der Waals surface area contributed by atoms with Gasteiger partial charge in [-0.15, -0.1) is 0 Å². The van der Waals surface area contributed by atoms with Gasteiger partial charge in [-0.05, 0) is 50.2 Å². The van der Waals surface area contributed by atoms with Gasteiger partial charge in [0.05, 0.1) is 24.3 Å². The Morgan fingerprint density at radius 3 is 1.78 bits per heavy atom. The smallest absolute Gasteiger partial charge is 0.249 e. The lowest BCUT2D eigenvalue weighted by atomic mass is 9.88. The molecule has 0 heterocycles. The predicted octanol–water partition coefficient (Wildman–Crippen LogP) is 2.14. The second kappa shape index (κ2) is 15.3. The third kappa shape index (κ3) is 10.7. The first-order valence-electron chi connectivity index (χ1n) is 14.1. The van der Waals surface area contributed by atoms with Crippen molar-refractivity contribution in [2.75, 3.05) is 20.2 Å². The Hall–Kier alpha value is -2.98. The molecule has 0 aliphatic carbocycles. The highest BCUT2D eigenvalue weighted by Gasteiger charge is 2.35. The van der Waals surface area contributed by atoms with E-state index in [0.717, 1.165) is 11.1 Å². The van der Waals surface area contributed by atoms with Gasteiger partial charge in [-0.25, -0.2) is 0 Å². The van der Waals surface area contributed by atoms with Crippen LogP contribution < -0.4 is 15.7 Å². The number of hydrogen-bond donors (Lipinski definition) is 4. The zero-order chi connectivity index (χ0) is 30.8. The van der Waals surface area contributed by atoms with Crippen LogP contribution in [-0.2, 0) is 22.4 Å². The first-order chi connectivity index (χ1) is 19.1. The highest BCUT2D eigenvalue weighted by atomic mass is 16.5. The van der Waals surface area contributed by atoms with Crippen molar-refractivity contribution in [3.8, 4) is 0 Å². The average Bonchev–Trinajstić information content (AvgIpc) is 2.87. The summed E-state index contributed by atoms with van der Waals surface area (Å²) in [6.07, 6.45) is -3.51. The summed E-state index contributed by atoms with van der Waals surface area (Å²) >= 11 is 0. The molecular weight excluding hydrogens is 522 g/mol. The molecule has 5 atom stereocenters. The molecule has 228 valence electrons. The molecule has 0 aliphatic heterocycles. The summed E-state index contributed by atoms with van der Waals surface area (Å²) in [7, 11) is 1.49. The number of aliphatic hydroxyl groups excluding tert-OH is 2. The largest absolute Gasteiger partial charge is 0.530 e. The molecule has 0 fully saturated rings. The van der Waals surface area contributed by atoms with Crippen molar-refractivity contribution in [3.63, 3.8) is 0 Å². The molecule has 0 spiro atoms. The van der Waals surface area contributed by atoms with Crippen LogP contribution in [-0.4, -0.2) is 83.2 Å².